The molecule has 0 aromatic carbocycles. The fraction of sp³-hybridized carbons (Fsp3) is 0.682. The molecule has 2 aromatic rings. The predicted octanol–water partition coefficient (Wildman–Crippen LogP) is 4.38. The minimum Gasteiger partial charge on any atom is -0.342 e. The molecule has 170 valence electrons. The predicted molar refractivity (Wildman–Crippen MR) is 110 cm³/mol. The highest BCUT2D eigenvalue weighted by Gasteiger charge is 2.38. The topological polar surface area (TPSA) is 62.5 Å². The number of nitrogens with zero attached hydrogens (tertiary/aromatic N) is 4. The van der Waals surface area contributed by atoms with E-state index in [9.17, 15) is 18.0 Å². The number of alkyl halides is 3. The Morgan fingerprint density at radius 3 is 2.55 bits per heavy atom. The molecule has 0 spiro atoms. The molecular formula is C22H29F3N4O2. The standard InChI is InChI=1S/C22H29F3N4O2/c1-13(2)28-9-6-15(7-10-28)21(30)29-8-4-5-16(12-29)18-11-17(22(23,24)25)19-14(3)27-31-20(19)26-18/h11,13,15-16H,4-10,12H2,1-3H3/t16-/m0/s1. The van der Waals surface area contributed by atoms with E-state index in [1.807, 2.05) is 4.90 Å². The van der Waals surface area contributed by atoms with Crippen LogP contribution < -0.4 is 0 Å². The van der Waals surface area contributed by atoms with Crippen LogP contribution >= 0.6 is 0 Å². The van der Waals surface area contributed by atoms with E-state index >= 15 is 0 Å². The number of piperidine rings is 2. The van der Waals surface area contributed by atoms with Crippen LogP contribution in [-0.2, 0) is 11.0 Å². The van der Waals surface area contributed by atoms with Gasteiger partial charge in [0.25, 0.3) is 5.71 Å². The van der Waals surface area contributed by atoms with E-state index in [0.29, 0.717) is 31.2 Å². The van der Waals surface area contributed by atoms with Crippen LogP contribution in [0.5, 0.6) is 0 Å². The third-order valence-electron chi connectivity index (χ3n) is 6.70. The average molecular weight is 438 g/mol. The van der Waals surface area contributed by atoms with Gasteiger partial charge < -0.3 is 14.3 Å². The lowest BCUT2D eigenvalue weighted by Crippen LogP contribution is -2.47. The van der Waals surface area contributed by atoms with Crippen molar-refractivity contribution in [1.82, 2.24) is 19.9 Å². The molecule has 2 aliphatic rings. The Kier molecular flexibility index (Phi) is 5.98. The second kappa shape index (κ2) is 8.41. The number of halogens is 3. The number of hydrogen-bond acceptors (Lipinski definition) is 5. The van der Waals surface area contributed by atoms with Crippen molar-refractivity contribution in [2.75, 3.05) is 26.2 Å². The lowest BCUT2D eigenvalue weighted by Gasteiger charge is -2.38. The summed E-state index contributed by atoms with van der Waals surface area (Å²) in [7, 11) is 0. The number of likely N-dealkylation sites (tertiary alicyclic amines) is 2. The van der Waals surface area contributed by atoms with Crippen molar-refractivity contribution in [1.29, 1.82) is 0 Å². The van der Waals surface area contributed by atoms with E-state index in [1.165, 1.54) is 6.92 Å². The van der Waals surface area contributed by atoms with Crippen molar-refractivity contribution in [2.24, 2.45) is 5.92 Å². The molecule has 2 fully saturated rings. The first-order valence-electron chi connectivity index (χ1n) is 11.0. The van der Waals surface area contributed by atoms with Crippen LogP contribution in [0.2, 0.25) is 0 Å². The highest BCUT2D eigenvalue weighted by molar-refractivity contribution is 5.81. The van der Waals surface area contributed by atoms with Gasteiger partial charge in [-0.1, -0.05) is 5.16 Å². The van der Waals surface area contributed by atoms with Gasteiger partial charge in [0.05, 0.1) is 22.3 Å². The maximum Gasteiger partial charge on any atom is 0.417 e. The van der Waals surface area contributed by atoms with E-state index in [-0.39, 0.29) is 34.5 Å². The van der Waals surface area contributed by atoms with E-state index in [1.54, 1.807) is 0 Å². The quantitative estimate of drug-likeness (QED) is 0.712. The van der Waals surface area contributed by atoms with Crippen molar-refractivity contribution >= 4 is 17.0 Å². The SMILES string of the molecule is Cc1noc2nc([C@H]3CCCN(C(=O)C4CCN(C(C)C)CC4)C3)cc(C(F)(F)F)c12. The highest BCUT2D eigenvalue weighted by atomic mass is 19.4. The number of aryl methyl sites for hydroxylation is 1. The molecule has 0 bridgehead atoms. The van der Waals surface area contributed by atoms with E-state index in [4.69, 9.17) is 4.52 Å². The summed E-state index contributed by atoms with van der Waals surface area (Å²) in [6, 6.07) is 1.59. The molecule has 1 amide bonds. The zero-order valence-electron chi connectivity index (χ0n) is 18.2. The number of carbonyl (C=O) groups is 1. The summed E-state index contributed by atoms with van der Waals surface area (Å²) in [5.41, 5.74) is -0.361. The van der Waals surface area contributed by atoms with Gasteiger partial charge in [0.15, 0.2) is 0 Å². The molecule has 0 saturated carbocycles. The maximum absolute atomic E-state index is 13.7. The summed E-state index contributed by atoms with van der Waals surface area (Å²) in [5.74, 6) is -0.128. The molecule has 6 nitrogen and oxygen atoms in total. The van der Waals surface area contributed by atoms with Gasteiger partial charge in [-0.15, -0.1) is 0 Å². The molecule has 2 saturated heterocycles. The van der Waals surface area contributed by atoms with Gasteiger partial charge in [0, 0.05) is 31.0 Å². The Morgan fingerprint density at radius 1 is 1.19 bits per heavy atom. The van der Waals surface area contributed by atoms with Crippen LogP contribution in [0.1, 0.15) is 62.4 Å². The van der Waals surface area contributed by atoms with Crippen LogP contribution in [0.15, 0.2) is 10.6 Å². The Morgan fingerprint density at radius 2 is 1.90 bits per heavy atom. The van der Waals surface area contributed by atoms with Gasteiger partial charge in [-0.3, -0.25) is 4.79 Å². The van der Waals surface area contributed by atoms with E-state index < -0.39 is 11.7 Å². The molecule has 4 rings (SSSR count). The smallest absolute Gasteiger partial charge is 0.342 e. The molecule has 4 heterocycles. The fourth-order valence-electron chi connectivity index (χ4n) is 4.89. The summed E-state index contributed by atoms with van der Waals surface area (Å²) in [6.45, 7) is 8.65. The van der Waals surface area contributed by atoms with Crippen LogP contribution in [-0.4, -0.2) is 58.1 Å². The number of amides is 1. The van der Waals surface area contributed by atoms with Gasteiger partial charge >= 0.3 is 6.18 Å². The minimum atomic E-state index is -4.53. The van der Waals surface area contributed by atoms with E-state index in [2.05, 4.69) is 28.9 Å². The van der Waals surface area contributed by atoms with Gasteiger partial charge in [-0.05, 0) is 65.6 Å². The molecule has 0 N–H and O–H groups in total. The first-order valence-corrected chi connectivity index (χ1v) is 11.0. The molecule has 0 unspecified atom stereocenters. The summed E-state index contributed by atoms with van der Waals surface area (Å²) >= 11 is 0. The zero-order chi connectivity index (χ0) is 22.3. The zero-order valence-corrected chi connectivity index (χ0v) is 18.2. The highest BCUT2D eigenvalue weighted by Crippen LogP contribution is 2.38. The van der Waals surface area contributed by atoms with Crippen molar-refractivity contribution in [3.8, 4) is 0 Å². The Balaban J connectivity index is 1.52. The Bertz CT molecular complexity index is 948. The van der Waals surface area contributed by atoms with Gasteiger partial charge in [0.1, 0.15) is 0 Å². The Labute approximate surface area is 179 Å². The van der Waals surface area contributed by atoms with Crippen molar-refractivity contribution in [3.63, 3.8) is 0 Å². The number of pyridine rings is 1. The van der Waals surface area contributed by atoms with Crippen molar-refractivity contribution < 1.29 is 22.5 Å². The summed E-state index contributed by atoms with van der Waals surface area (Å²) in [6.07, 6.45) is -1.42. The summed E-state index contributed by atoms with van der Waals surface area (Å²) < 4.78 is 46.1. The largest absolute Gasteiger partial charge is 0.417 e. The van der Waals surface area contributed by atoms with Gasteiger partial charge in [-0.25, -0.2) is 4.98 Å². The molecule has 2 aromatic heterocycles. The number of rotatable bonds is 3. The number of carbonyl (C=O) groups excluding carboxylic acids is 1. The van der Waals surface area contributed by atoms with Gasteiger partial charge in [-0.2, -0.15) is 13.2 Å². The second-order valence-corrected chi connectivity index (χ2v) is 9.07. The number of fused-ring (bicyclic) bond motifs is 1. The van der Waals surface area contributed by atoms with Crippen LogP contribution in [0.25, 0.3) is 11.1 Å². The van der Waals surface area contributed by atoms with Gasteiger partial charge in [0.2, 0.25) is 5.91 Å². The van der Waals surface area contributed by atoms with Crippen molar-refractivity contribution in [3.05, 3.63) is 23.0 Å². The normalized spacial score (nSPS) is 21.9. The molecule has 2 aliphatic heterocycles. The fourth-order valence-corrected chi connectivity index (χ4v) is 4.89. The molecule has 9 heteroatoms. The maximum atomic E-state index is 13.7. The summed E-state index contributed by atoms with van der Waals surface area (Å²) in [4.78, 5) is 21.7. The van der Waals surface area contributed by atoms with Crippen LogP contribution in [0.4, 0.5) is 13.2 Å². The van der Waals surface area contributed by atoms with Crippen LogP contribution in [0.3, 0.4) is 0 Å². The second-order valence-electron chi connectivity index (χ2n) is 9.07. The monoisotopic (exact) mass is 438 g/mol. The first-order chi connectivity index (χ1) is 14.6. The average Bonchev–Trinajstić information content (AvgIpc) is 3.12. The van der Waals surface area contributed by atoms with Crippen molar-refractivity contribution in [2.45, 2.75) is 64.6 Å². The third-order valence-corrected chi connectivity index (χ3v) is 6.70. The lowest BCUT2D eigenvalue weighted by molar-refractivity contribution is -0.139. The third kappa shape index (κ3) is 4.42. The number of aromatic nitrogens is 2. The molecule has 31 heavy (non-hydrogen) atoms. The molecule has 0 radical (unpaired) electrons. The van der Waals surface area contributed by atoms with E-state index in [0.717, 1.165) is 38.4 Å². The Hall–Kier alpha value is -2.16. The number of hydrogen-bond donors (Lipinski definition) is 0. The summed E-state index contributed by atoms with van der Waals surface area (Å²) in [5, 5.41) is 3.59. The minimum absolute atomic E-state index is 0.00755. The lowest BCUT2D eigenvalue weighted by atomic mass is 9.90. The first kappa shape index (κ1) is 22.0. The molecular weight excluding hydrogens is 409 g/mol. The molecule has 1 atom stereocenters. The van der Waals surface area contributed by atoms with Crippen LogP contribution in [0, 0.1) is 12.8 Å². The molecule has 0 aliphatic carbocycles.